The van der Waals surface area contributed by atoms with Crippen molar-refractivity contribution < 1.29 is 9.90 Å². The number of piperidine rings is 1. The number of aryl methyl sites for hydroxylation is 1. The molecule has 2 aliphatic rings. The summed E-state index contributed by atoms with van der Waals surface area (Å²) in [4.78, 5) is 19.5. The first-order valence-electron chi connectivity index (χ1n) is 7.12. The molecule has 1 aliphatic carbocycles. The third-order valence-corrected chi connectivity index (χ3v) is 5.36. The molecule has 1 aromatic heterocycles. The minimum atomic E-state index is -0.718. The van der Waals surface area contributed by atoms with E-state index in [1.807, 2.05) is 0 Å². The topological polar surface area (TPSA) is 53.4 Å². The van der Waals surface area contributed by atoms with Crippen LogP contribution in [0.5, 0.6) is 0 Å². The van der Waals surface area contributed by atoms with Crippen molar-refractivity contribution in [1.29, 1.82) is 0 Å². The van der Waals surface area contributed by atoms with Gasteiger partial charge in [-0.3, -0.25) is 4.79 Å². The number of fused-ring (bicyclic) bond motifs is 1. The van der Waals surface area contributed by atoms with E-state index in [4.69, 9.17) is 0 Å². The Labute approximate surface area is 117 Å². The first-order chi connectivity index (χ1) is 9.15. The highest BCUT2D eigenvalue weighted by Crippen LogP contribution is 2.38. The van der Waals surface area contributed by atoms with E-state index >= 15 is 0 Å². The summed E-state index contributed by atoms with van der Waals surface area (Å²) in [6.07, 6.45) is 5.22. The van der Waals surface area contributed by atoms with Crippen LogP contribution in [-0.2, 0) is 11.2 Å². The predicted octanol–water partition coefficient (Wildman–Crippen LogP) is 2.88. The number of nitrogens with zero attached hydrogens (tertiary/aromatic N) is 2. The largest absolute Gasteiger partial charge is 0.481 e. The highest BCUT2D eigenvalue weighted by atomic mass is 32.1. The second-order valence-electron chi connectivity index (χ2n) is 5.78. The number of hydrogen-bond acceptors (Lipinski definition) is 4. The van der Waals surface area contributed by atoms with E-state index in [2.05, 4.69) is 16.8 Å². The van der Waals surface area contributed by atoms with Gasteiger partial charge in [-0.05, 0) is 38.0 Å². The van der Waals surface area contributed by atoms with E-state index in [1.54, 1.807) is 11.3 Å². The molecule has 0 aromatic carbocycles. The van der Waals surface area contributed by atoms with Crippen LogP contribution in [0, 0.1) is 5.92 Å². The number of aliphatic carboxylic acids is 1. The first kappa shape index (κ1) is 12.9. The molecule has 0 spiro atoms. The molecule has 2 heterocycles. The number of carboxylic acid groups (broad SMARTS) is 1. The van der Waals surface area contributed by atoms with E-state index in [0.29, 0.717) is 5.92 Å². The zero-order valence-electron chi connectivity index (χ0n) is 11.3. The molecule has 1 aromatic rings. The van der Waals surface area contributed by atoms with Gasteiger partial charge in [-0.2, -0.15) is 0 Å². The van der Waals surface area contributed by atoms with E-state index in [-0.39, 0.29) is 5.92 Å². The molecule has 4 nitrogen and oxygen atoms in total. The fraction of sp³-hybridized carbons (Fsp3) is 0.714. The zero-order chi connectivity index (χ0) is 13.4. The van der Waals surface area contributed by atoms with Crippen molar-refractivity contribution in [3.8, 4) is 0 Å². The molecular formula is C14H20N2O2S. The number of carbonyl (C=O) groups is 1. The molecule has 2 unspecified atom stereocenters. The fourth-order valence-corrected chi connectivity index (χ4v) is 4.34. The fourth-order valence-electron chi connectivity index (χ4n) is 3.14. The van der Waals surface area contributed by atoms with Gasteiger partial charge >= 0.3 is 5.97 Å². The van der Waals surface area contributed by atoms with Crippen LogP contribution >= 0.6 is 11.3 Å². The number of thiazole rings is 1. The molecule has 1 saturated heterocycles. The summed E-state index contributed by atoms with van der Waals surface area (Å²) in [5, 5.41) is 10.3. The maximum absolute atomic E-state index is 11.3. The molecule has 3 rings (SSSR count). The highest BCUT2D eigenvalue weighted by Gasteiger charge is 2.31. The van der Waals surface area contributed by atoms with Gasteiger partial charge in [-0.15, -0.1) is 11.3 Å². The van der Waals surface area contributed by atoms with Gasteiger partial charge in [0.15, 0.2) is 5.13 Å². The molecule has 1 N–H and O–H groups in total. The van der Waals surface area contributed by atoms with Crippen LogP contribution < -0.4 is 4.90 Å². The minimum absolute atomic E-state index is 0.379. The standard InChI is InChI=1S/C14H20N2O2S/c1-9-4-3-7-16(8-9)14-15-12-10(13(17)18)5-2-6-11(12)19-14/h9-10H,2-8H2,1H3,(H,17,18). The molecular weight excluding hydrogens is 260 g/mol. The molecule has 2 atom stereocenters. The monoisotopic (exact) mass is 280 g/mol. The van der Waals surface area contributed by atoms with Crippen molar-refractivity contribution in [2.75, 3.05) is 18.0 Å². The van der Waals surface area contributed by atoms with Crippen molar-refractivity contribution in [1.82, 2.24) is 4.98 Å². The second kappa shape index (κ2) is 5.12. The number of aromatic nitrogens is 1. The van der Waals surface area contributed by atoms with Gasteiger partial charge in [0.25, 0.3) is 0 Å². The molecule has 0 amide bonds. The summed E-state index contributed by atoms with van der Waals surface area (Å²) < 4.78 is 0. The Morgan fingerprint density at radius 2 is 2.26 bits per heavy atom. The van der Waals surface area contributed by atoms with Crippen LogP contribution in [0.2, 0.25) is 0 Å². The summed E-state index contributed by atoms with van der Waals surface area (Å²) in [5.74, 6) is -0.384. The number of anilines is 1. The van der Waals surface area contributed by atoms with Crippen LogP contribution in [0.25, 0.3) is 0 Å². The van der Waals surface area contributed by atoms with E-state index < -0.39 is 5.97 Å². The van der Waals surface area contributed by atoms with Crippen LogP contribution in [0.15, 0.2) is 0 Å². The SMILES string of the molecule is CC1CCCN(c2nc3c(s2)CCCC3C(=O)O)C1. The summed E-state index contributed by atoms with van der Waals surface area (Å²) in [7, 11) is 0. The maximum atomic E-state index is 11.3. The lowest BCUT2D eigenvalue weighted by Gasteiger charge is -2.30. The normalized spacial score (nSPS) is 27.1. The molecule has 0 radical (unpaired) electrons. The quantitative estimate of drug-likeness (QED) is 0.905. The van der Waals surface area contributed by atoms with Crippen molar-refractivity contribution in [3.05, 3.63) is 10.6 Å². The lowest BCUT2D eigenvalue weighted by Crippen LogP contribution is -2.34. The average Bonchev–Trinajstić information content (AvgIpc) is 2.82. The molecule has 19 heavy (non-hydrogen) atoms. The van der Waals surface area contributed by atoms with Crippen molar-refractivity contribution >= 4 is 22.4 Å². The Hall–Kier alpha value is -1.10. The van der Waals surface area contributed by atoms with Crippen LogP contribution in [0.3, 0.4) is 0 Å². The zero-order valence-corrected chi connectivity index (χ0v) is 12.1. The third-order valence-electron chi connectivity index (χ3n) is 4.17. The average molecular weight is 280 g/mol. The van der Waals surface area contributed by atoms with Crippen LogP contribution in [-0.4, -0.2) is 29.1 Å². The molecule has 1 aliphatic heterocycles. The third kappa shape index (κ3) is 2.48. The van der Waals surface area contributed by atoms with Gasteiger partial charge in [-0.25, -0.2) is 4.98 Å². The molecule has 104 valence electrons. The predicted molar refractivity (Wildman–Crippen MR) is 76.0 cm³/mol. The van der Waals surface area contributed by atoms with Gasteiger partial charge in [0, 0.05) is 18.0 Å². The summed E-state index contributed by atoms with van der Waals surface area (Å²) in [6.45, 7) is 4.40. The van der Waals surface area contributed by atoms with Gasteiger partial charge < -0.3 is 10.0 Å². The molecule has 5 heteroatoms. The summed E-state index contributed by atoms with van der Waals surface area (Å²) in [5.41, 5.74) is 0.844. The second-order valence-corrected chi connectivity index (χ2v) is 6.84. The van der Waals surface area contributed by atoms with Crippen molar-refractivity contribution in [2.45, 2.75) is 44.9 Å². The molecule has 1 fully saturated rings. The van der Waals surface area contributed by atoms with E-state index in [0.717, 1.165) is 43.2 Å². The van der Waals surface area contributed by atoms with Gasteiger partial charge in [0.05, 0.1) is 5.69 Å². The Kier molecular flexibility index (Phi) is 3.48. The first-order valence-corrected chi connectivity index (χ1v) is 7.94. The Morgan fingerprint density at radius 3 is 3.00 bits per heavy atom. The Balaban J connectivity index is 1.86. The maximum Gasteiger partial charge on any atom is 0.312 e. The highest BCUT2D eigenvalue weighted by molar-refractivity contribution is 7.15. The van der Waals surface area contributed by atoms with Crippen molar-refractivity contribution in [2.24, 2.45) is 5.92 Å². The van der Waals surface area contributed by atoms with E-state index in [1.165, 1.54) is 17.7 Å². The lowest BCUT2D eigenvalue weighted by atomic mass is 9.91. The van der Waals surface area contributed by atoms with Crippen molar-refractivity contribution in [3.63, 3.8) is 0 Å². The van der Waals surface area contributed by atoms with Gasteiger partial charge in [0.2, 0.25) is 0 Å². The van der Waals surface area contributed by atoms with Gasteiger partial charge in [-0.1, -0.05) is 6.92 Å². The van der Waals surface area contributed by atoms with Gasteiger partial charge in [0.1, 0.15) is 5.92 Å². The Bertz CT molecular complexity index is 486. The number of rotatable bonds is 2. The molecule has 0 saturated carbocycles. The summed E-state index contributed by atoms with van der Waals surface area (Å²) >= 11 is 1.72. The number of carboxylic acids is 1. The smallest absolute Gasteiger partial charge is 0.312 e. The molecule has 0 bridgehead atoms. The van der Waals surface area contributed by atoms with Crippen LogP contribution in [0.1, 0.15) is 49.1 Å². The lowest BCUT2D eigenvalue weighted by molar-refractivity contribution is -0.139. The Morgan fingerprint density at radius 1 is 1.42 bits per heavy atom. The minimum Gasteiger partial charge on any atom is -0.481 e. The summed E-state index contributed by atoms with van der Waals surface area (Å²) in [6, 6.07) is 0. The number of hydrogen-bond donors (Lipinski definition) is 1. The van der Waals surface area contributed by atoms with E-state index in [9.17, 15) is 9.90 Å². The van der Waals surface area contributed by atoms with Crippen LogP contribution in [0.4, 0.5) is 5.13 Å².